The van der Waals surface area contributed by atoms with Gasteiger partial charge in [0, 0.05) is 18.1 Å². The number of nitrogens with zero attached hydrogens (tertiary/aromatic N) is 1. The predicted octanol–water partition coefficient (Wildman–Crippen LogP) is 2.52. The fraction of sp³-hybridized carbons (Fsp3) is 0.429. The van der Waals surface area contributed by atoms with Crippen molar-refractivity contribution in [3.05, 3.63) is 34.9 Å². The Bertz CT molecular complexity index is 504. The van der Waals surface area contributed by atoms with Crippen LogP contribution < -0.4 is 5.32 Å². The Kier molecular flexibility index (Phi) is 4.49. The van der Waals surface area contributed by atoms with Crippen molar-refractivity contribution in [2.24, 2.45) is 5.92 Å². The number of carbonyl (C=O) groups excluding carboxylic acids is 1. The Morgan fingerprint density at radius 1 is 1.40 bits per heavy atom. The molecule has 0 saturated carbocycles. The topological polar surface area (TPSA) is 69.6 Å². The lowest BCUT2D eigenvalue weighted by Gasteiger charge is -2.21. The fourth-order valence-corrected chi connectivity index (χ4v) is 2.38. The molecule has 2 unspecified atom stereocenters. The summed E-state index contributed by atoms with van der Waals surface area (Å²) >= 11 is 5.82. The molecule has 20 heavy (non-hydrogen) atoms. The van der Waals surface area contributed by atoms with Gasteiger partial charge in [-0.05, 0) is 31.0 Å². The minimum atomic E-state index is -0.842. The van der Waals surface area contributed by atoms with Gasteiger partial charge in [0.25, 0.3) is 0 Å². The average Bonchev–Trinajstić information content (AvgIpc) is 2.89. The standard InChI is InChI=1S/C14H17ClN2O3/c1-9(10-2-4-12(15)5-3-10)16-14(20)17-7-6-11(8-17)13(18)19/h2-5,9,11H,6-8H2,1H3,(H,16,20)(H,18,19). The smallest absolute Gasteiger partial charge is 0.317 e. The number of carbonyl (C=O) groups is 2. The van der Waals surface area contributed by atoms with Crippen LogP contribution in [0, 0.1) is 5.92 Å². The summed E-state index contributed by atoms with van der Waals surface area (Å²) in [6, 6.07) is 6.89. The van der Waals surface area contributed by atoms with E-state index in [1.807, 2.05) is 19.1 Å². The molecule has 1 heterocycles. The van der Waals surface area contributed by atoms with Crippen molar-refractivity contribution in [3.63, 3.8) is 0 Å². The molecule has 1 aliphatic heterocycles. The first-order valence-corrected chi connectivity index (χ1v) is 6.89. The first-order chi connectivity index (χ1) is 9.47. The molecule has 0 aliphatic carbocycles. The lowest BCUT2D eigenvalue weighted by atomic mass is 10.1. The molecular weight excluding hydrogens is 280 g/mol. The summed E-state index contributed by atoms with van der Waals surface area (Å²) in [4.78, 5) is 24.5. The molecule has 2 amide bonds. The van der Waals surface area contributed by atoms with Gasteiger partial charge in [-0.25, -0.2) is 4.79 Å². The van der Waals surface area contributed by atoms with E-state index in [0.29, 0.717) is 18.0 Å². The van der Waals surface area contributed by atoms with Gasteiger partial charge >= 0.3 is 12.0 Å². The highest BCUT2D eigenvalue weighted by Gasteiger charge is 2.31. The molecule has 108 valence electrons. The third-order valence-corrected chi connectivity index (χ3v) is 3.79. The van der Waals surface area contributed by atoms with Crippen LogP contribution in [0.2, 0.25) is 5.02 Å². The Labute approximate surface area is 122 Å². The largest absolute Gasteiger partial charge is 0.481 e. The second kappa shape index (κ2) is 6.13. The van der Waals surface area contributed by atoms with Crippen molar-refractivity contribution >= 4 is 23.6 Å². The molecule has 1 aromatic rings. The number of nitrogens with one attached hydrogen (secondary N) is 1. The molecule has 1 aliphatic rings. The van der Waals surface area contributed by atoms with Gasteiger partial charge in [0.05, 0.1) is 12.0 Å². The molecule has 2 atom stereocenters. The third-order valence-electron chi connectivity index (χ3n) is 3.53. The first kappa shape index (κ1) is 14.7. The SMILES string of the molecule is CC(NC(=O)N1CCC(C(=O)O)C1)c1ccc(Cl)cc1. The van der Waals surface area contributed by atoms with Gasteiger partial charge in [0.1, 0.15) is 0 Å². The first-order valence-electron chi connectivity index (χ1n) is 6.51. The molecule has 6 heteroatoms. The van der Waals surface area contributed by atoms with E-state index in [0.717, 1.165) is 5.56 Å². The van der Waals surface area contributed by atoms with Crippen molar-refractivity contribution < 1.29 is 14.7 Å². The number of hydrogen-bond acceptors (Lipinski definition) is 2. The van der Waals surface area contributed by atoms with Gasteiger partial charge in [-0.3, -0.25) is 4.79 Å². The van der Waals surface area contributed by atoms with Crippen LogP contribution in [0.15, 0.2) is 24.3 Å². The Morgan fingerprint density at radius 2 is 2.05 bits per heavy atom. The van der Waals surface area contributed by atoms with E-state index in [1.54, 1.807) is 17.0 Å². The van der Waals surface area contributed by atoms with Crippen LogP contribution in [0.1, 0.15) is 24.9 Å². The molecule has 1 saturated heterocycles. The Hall–Kier alpha value is -1.75. The van der Waals surface area contributed by atoms with Gasteiger partial charge in [-0.2, -0.15) is 0 Å². The van der Waals surface area contributed by atoms with Gasteiger partial charge < -0.3 is 15.3 Å². The molecule has 5 nitrogen and oxygen atoms in total. The van der Waals surface area contributed by atoms with Gasteiger partial charge in [-0.15, -0.1) is 0 Å². The molecule has 1 fully saturated rings. The number of rotatable bonds is 3. The Morgan fingerprint density at radius 3 is 2.60 bits per heavy atom. The number of amides is 2. The summed E-state index contributed by atoms with van der Waals surface area (Å²) in [5.74, 6) is -1.29. The van der Waals surface area contributed by atoms with Crippen molar-refractivity contribution in [1.29, 1.82) is 0 Å². The zero-order chi connectivity index (χ0) is 14.7. The van der Waals surface area contributed by atoms with E-state index < -0.39 is 11.9 Å². The number of carboxylic acids is 1. The third kappa shape index (κ3) is 3.42. The number of halogens is 1. The van der Waals surface area contributed by atoms with Crippen LogP contribution in [-0.4, -0.2) is 35.1 Å². The molecular formula is C14H17ClN2O3. The maximum Gasteiger partial charge on any atom is 0.317 e. The van der Waals surface area contributed by atoms with Crippen LogP contribution in [0.5, 0.6) is 0 Å². The summed E-state index contributed by atoms with van der Waals surface area (Å²) < 4.78 is 0. The molecule has 0 aromatic heterocycles. The number of aliphatic carboxylic acids is 1. The van der Waals surface area contributed by atoms with Crippen LogP contribution in [0.25, 0.3) is 0 Å². The summed E-state index contributed by atoms with van der Waals surface area (Å²) in [7, 11) is 0. The molecule has 0 radical (unpaired) electrons. The van der Waals surface area contributed by atoms with Gasteiger partial charge in [-0.1, -0.05) is 23.7 Å². The van der Waals surface area contributed by atoms with E-state index in [-0.39, 0.29) is 18.6 Å². The minimum Gasteiger partial charge on any atom is -0.481 e. The van der Waals surface area contributed by atoms with Crippen LogP contribution in [0.3, 0.4) is 0 Å². The highest BCUT2D eigenvalue weighted by Crippen LogP contribution is 2.19. The molecule has 1 aromatic carbocycles. The number of carboxylic acid groups (broad SMARTS) is 1. The quantitative estimate of drug-likeness (QED) is 0.900. The van der Waals surface area contributed by atoms with Crippen molar-refractivity contribution in [2.75, 3.05) is 13.1 Å². The maximum atomic E-state index is 12.1. The summed E-state index contributed by atoms with van der Waals surface area (Å²) in [6.45, 7) is 2.64. The minimum absolute atomic E-state index is 0.149. The average molecular weight is 297 g/mol. The van der Waals surface area contributed by atoms with Crippen molar-refractivity contribution in [2.45, 2.75) is 19.4 Å². The van der Waals surface area contributed by atoms with Gasteiger partial charge in [0.15, 0.2) is 0 Å². The number of likely N-dealkylation sites (tertiary alicyclic amines) is 1. The zero-order valence-electron chi connectivity index (χ0n) is 11.2. The van der Waals surface area contributed by atoms with E-state index in [4.69, 9.17) is 16.7 Å². The van der Waals surface area contributed by atoms with Crippen LogP contribution in [0.4, 0.5) is 4.79 Å². The summed E-state index contributed by atoms with van der Waals surface area (Å²) in [6.07, 6.45) is 0.512. The Balaban J connectivity index is 1.91. The number of benzene rings is 1. The zero-order valence-corrected chi connectivity index (χ0v) is 11.9. The normalized spacial score (nSPS) is 19.7. The van der Waals surface area contributed by atoms with E-state index >= 15 is 0 Å². The van der Waals surface area contributed by atoms with E-state index in [1.165, 1.54) is 0 Å². The molecule has 0 bridgehead atoms. The highest BCUT2D eigenvalue weighted by atomic mass is 35.5. The summed E-state index contributed by atoms with van der Waals surface area (Å²) in [5, 5.41) is 12.4. The van der Waals surface area contributed by atoms with Crippen molar-refractivity contribution in [1.82, 2.24) is 10.2 Å². The predicted molar refractivity (Wildman–Crippen MR) is 75.7 cm³/mol. The second-order valence-corrected chi connectivity index (χ2v) is 5.43. The monoisotopic (exact) mass is 296 g/mol. The lowest BCUT2D eigenvalue weighted by Crippen LogP contribution is -2.40. The van der Waals surface area contributed by atoms with Crippen LogP contribution in [-0.2, 0) is 4.79 Å². The fourth-order valence-electron chi connectivity index (χ4n) is 2.26. The van der Waals surface area contributed by atoms with E-state index in [2.05, 4.69) is 5.32 Å². The van der Waals surface area contributed by atoms with E-state index in [9.17, 15) is 9.59 Å². The second-order valence-electron chi connectivity index (χ2n) is 4.99. The van der Waals surface area contributed by atoms with Crippen molar-refractivity contribution in [3.8, 4) is 0 Å². The summed E-state index contributed by atoms with van der Waals surface area (Å²) in [5.41, 5.74) is 0.955. The molecule has 2 rings (SSSR count). The number of urea groups is 1. The molecule has 0 spiro atoms. The lowest BCUT2D eigenvalue weighted by molar-refractivity contribution is -0.141. The maximum absolute atomic E-state index is 12.1. The van der Waals surface area contributed by atoms with Gasteiger partial charge in [0.2, 0.25) is 0 Å². The highest BCUT2D eigenvalue weighted by molar-refractivity contribution is 6.30. The number of hydrogen-bond donors (Lipinski definition) is 2. The molecule has 2 N–H and O–H groups in total. The van der Waals surface area contributed by atoms with Crippen LogP contribution >= 0.6 is 11.6 Å².